The van der Waals surface area contributed by atoms with E-state index in [0.29, 0.717) is 10.7 Å². The molecule has 6 nitrogen and oxygen atoms in total. The summed E-state index contributed by atoms with van der Waals surface area (Å²) in [4.78, 5) is 27.6. The van der Waals surface area contributed by atoms with Gasteiger partial charge in [-0.15, -0.1) is 0 Å². The van der Waals surface area contributed by atoms with Crippen LogP contribution in [-0.4, -0.2) is 15.8 Å². The maximum absolute atomic E-state index is 12.5. The Morgan fingerprint density at radius 2 is 1.96 bits per heavy atom. The van der Waals surface area contributed by atoms with Crippen LogP contribution in [0.3, 0.4) is 0 Å². The molecule has 1 amide bonds. The molecule has 3 rings (SSSR count). The van der Waals surface area contributed by atoms with Gasteiger partial charge >= 0.3 is 0 Å². The number of amides is 1. The first kappa shape index (κ1) is 16.1. The summed E-state index contributed by atoms with van der Waals surface area (Å²) in [5.41, 5.74) is 3.29. The van der Waals surface area contributed by atoms with Crippen molar-refractivity contribution >= 4 is 38.3 Å². The van der Waals surface area contributed by atoms with Gasteiger partial charge in [0.05, 0.1) is 15.1 Å². The van der Waals surface area contributed by atoms with Crippen LogP contribution in [0.4, 0.5) is 10.8 Å². The number of aryl methyl sites for hydroxylation is 3. The number of carbonyl (C=O) groups excluding carboxylic acids is 1. The Hall–Kier alpha value is -2.80. The van der Waals surface area contributed by atoms with Crippen LogP contribution in [0.25, 0.3) is 10.2 Å². The van der Waals surface area contributed by atoms with Gasteiger partial charge in [0.1, 0.15) is 5.56 Å². The molecule has 0 aliphatic carbocycles. The predicted octanol–water partition coefficient (Wildman–Crippen LogP) is 4.38. The SMILES string of the molecule is Cc1cc(C)c2nc(NC(=O)c3cccc(C)c3[N+](=O)[O-])sc2c1. The van der Waals surface area contributed by atoms with Crippen LogP contribution in [0.5, 0.6) is 0 Å². The maximum atomic E-state index is 12.5. The number of aromatic nitrogens is 1. The van der Waals surface area contributed by atoms with Crippen molar-refractivity contribution < 1.29 is 9.72 Å². The van der Waals surface area contributed by atoms with Crippen molar-refractivity contribution in [1.82, 2.24) is 4.98 Å². The van der Waals surface area contributed by atoms with E-state index in [2.05, 4.69) is 10.3 Å². The topological polar surface area (TPSA) is 85.1 Å². The van der Waals surface area contributed by atoms with Gasteiger partial charge in [0.2, 0.25) is 0 Å². The molecule has 7 heteroatoms. The molecule has 122 valence electrons. The average molecular weight is 341 g/mol. The van der Waals surface area contributed by atoms with Gasteiger partial charge in [0.25, 0.3) is 11.6 Å². The monoisotopic (exact) mass is 341 g/mol. The second kappa shape index (κ2) is 6.01. The first-order valence-electron chi connectivity index (χ1n) is 7.30. The lowest BCUT2D eigenvalue weighted by molar-refractivity contribution is -0.385. The Bertz CT molecular complexity index is 979. The molecular weight excluding hydrogens is 326 g/mol. The summed E-state index contributed by atoms with van der Waals surface area (Å²) in [5, 5.41) is 14.3. The van der Waals surface area contributed by atoms with Crippen LogP contribution in [0.2, 0.25) is 0 Å². The minimum atomic E-state index is -0.532. The third-order valence-corrected chi connectivity index (χ3v) is 4.63. The van der Waals surface area contributed by atoms with Crippen LogP contribution in [0.15, 0.2) is 30.3 Å². The van der Waals surface area contributed by atoms with Crippen LogP contribution in [-0.2, 0) is 0 Å². The number of nitrogens with one attached hydrogen (secondary N) is 1. The summed E-state index contributed by atoms with van der Waals surface area (Å²) in [6.07, 6.45) is 0. The summed E-state index contributed by atoms with van der Waals surface area (Å²) in [5.74, 6) is -0.529. The molecule has 0 spiro atoms. The average Bonchev–Trinajstić information content (AvgIpc) is 2.89. The molecule has 0 aliphatic heterocycles. The minimum absolute atomic E-state index is 0.0344. The van der Waals surface area contributed by atoms with Crippen molar-refractivity contribution in [2.24, 2.45) is 0 Å². The molecule has 3 aromatic rings. The van der Waals surface area contributed by atoms with E-state index < -0.39 is 10.8 Å². The lowest BCUT2D eigenvalue weighted by Crippen LogP contribution is -2.14. The van der Waals surface area contributed by atoms with Gasteiger partial charge in [-0.05, 0) is 44.0 Å². The first-order valence-corrected chi connectivity index (χ1v) is 8.11. The van der Waals surface area contributed by atoms with Crippen LogP contribution >= 0.6 is 11.3 Å². The predicted molar refractivity (Wildman–Crippen MR) is 94.9 cm³/mol. The van der Waals surface area contributed by atoms with Gasteiger partial charge in [0.15, 0.2) is 5.13 Å². The molecular formula is C17H15N3O3S. The molecule has 0 bridgehead atoms. The van der Waals surface area contributed by atoms with Gasteiger partial charge in [-0.1, -0.05) is 29.5 Å². The van der Waals surface area contributed by atoms with Gasteiger partial charge in [-0.3, -0.25) is 20.2 Å². The summed E-state index contributed by atoms with van der Waals surface area (Å²) >= 11 is 1.35. The number of rotatable bonds is 3. The number of para-hydroxylation sites is 1. The number of fused-ring (bicyclic) bond motifs is 1. The smallest absolute Gasteiger partial charge is 0.285 e. The summed E-state index contributed by atoms with van der Waals surface area (Å²) < 4.78 is 0.974. The molecule has 0 radical (unpaired) electrons. The molecule has 0 atom stereocenters. The van der Waals surface area contributed by atoms with E-state index in [1.165, 1.54) is 17.4 Å². The third kappa shape index (κ3) is 2.85. The fourth-order valence-corrected chi connectivity index (χ4v) is 3.71. The van der Waals surface area contributed by atoms with Crippen LogP contribution in [0, 0.1) is 30.9 Å². The summed E-state index contributed by atoms with van der Waals surface area (Å²) in [7, 11) is 0. The lowest BCUT2D eigenvalue weighted by atomic mass is 10.1. The van der Waals surface area contributed by atoms with Crippen molar-refractivity contribution in [1.29, 1.82) is 0 Å². The maximum Gasteiger partial charge on any atom is 0.285 e. The second-order valence-corrected chi connectivity index (χ2v) is 6.66. The van der Waals surface area contributed by atoms with Crippen molar-refractivity contribution in [2.75, 3.05) is 5.32 Å². The molecule has 0 unspecified atom stereocenters. The number of nitrogens with zero attached hydrogens (tertiary/aromatic N) is 2. The van der Waals surface area contributed by atoms with Crippen molar-refractivity contribution in [3.63, 3.8) is 0 Å². The van der Waals surface area contributed by atoms with E-state index in [1.807, 2.05) is 26.0 Å². The van der Waals surface area contributed by atoms with Crippen molar-refractivity contribution in [2.45, 2.75) is 20.8 Å². The lowest BCUT2D eigenvalue weighted by Gasteiger charge is -2.04. The Labute approximate surface area is 142 Å². The molecule has 1 N–H and O–H groups in total. The number of anilines is 1. The van der Waals surface area contributed by atoms with Gasteiger partial charge in [-0.25, -0.2) is 4.98 Å². The van der Waals surface area contributed by atoms with E-state index in [4.69, 9.17) is 0 Å². The Balaban J connectivity index is 1.98. The van der Waals surface area contributed by atoms with E-state index >= 15 is 0 Å². The quantitative estimate of drug-likeness (QED) is 0.566. The molecule has 0 fully saturated rings. The van der Waals surface area contributed by atoms with Gasteiger partial charge < -0.3 is 0 Å². The standard InChI is InChI=1S/C17H15N3O3S/c1-9-7-11(3)14-13(8-9)24-17(18-14)19-16(21)12-6-4-5-10(2)15(12)20(22)23/h4-8H,1-3H3,(H,18,19,21). The highest BCUT2D eigenvalue weighted by Crippen LogP contribution is 2.30. The third-order valence-electron chi connectivity index (χ3n) is 3.72. The zero-order chi connectivity index (χ0) is 17.4. The van der Waals surface area contributed by atoms with E-state index in [0.717, 1.165) is 21.3 Å². The zero-order valence-electron chi connectivity index (χ0n) is 13.4. The van der Waals surface area contributed by atoms with Crippen molar-refractivity contribution in [3.8, 4) is 0 Å². The van der Waals surface area contributed by atoms with E-state index in [9.17, 15) is 14.9 Å². The number of hydrogen-bond donors (Lipinski definition) is 1. The molecule has 2 aromatic carbocycles. The van der Waals surface area contributed by atoms with Crippen molar-refractivity contribution in [3.05, 3.63) is 62.7 Å². The highest BCUT2D eigenvalue weighted by atomic mass is 32.1. The molecule has 24 heavy (non-hydrogen) atoms. The molecule has 0 aliphatic rings. The van der Waals surface area contributed by atoms with Crippen LogP contribution < -0.4 is 5.32 Å². The fraction of sp³-hybridized carbons (Fsp3) is 0.176. The zero-order valence-corrected chi connectivity index (χ0v) is 14.2. The Morgan fingerprint density at radius 3 is 2.67 bits per heavy atom. The second-order valence-electron chi connectivity index (χ2n) is 5.63. The number of hydrogen-bond acceptors (Lipinski definition) is 5. The number of thiazole rings is 1. The number of benzene rings is 2. The summed E-state index contributed by atoms with van der Waals surface area (Å²) in [6.45, 7) is 5.57. The highest BCUT2D eigenvalue weighted by Gasteiger charge is 2.23. The van der Waals surface area contributed by atoms with E-state index in [-0.39, 0.29) is 11.3 Å². The molecule has 1 aromatic heterocycles. The Morgan fingerprint density at radius 1 is 1.21 bits per heavy atom. The largest absolute Gasteiger partial charge is 0.298 e. The van der Waals surface area contributed by atoms with Gasteiger partial charge in [0, 0.05) is 5.56 Å². The Kier molecular flexibility index (Phi) is 4.02. The molecule has 1 heterocycles. The summed E-state index contributed by atoms with van der Waals surface area (Å²) in [6, 6.07) is 8.72. The number of nitro benzene ring substituents is 1. The van der Waals surface area contributed by atoms with Crippen LogP contribution in [0.1, 0.15) is 27.0 Å². The highest BCUT2D eigenvalue weighted by molar-refractivity contribution is 7.22. The van der Waals surface area contributed by atoms with Gasteiger partial charge in [-0.2, -0.15) is 0 Å². The number of nitro groups is 1. The number of carbonyl (C=O) groups is 1. The van der Waals surface area contributed by atoms with E-state index in [1.54, 1.807) is 19.1 Å². The fourth-order valence-electron chi connectivity index (χ4n) is 2.67. The molecule has 0 saturated carbocycles. The first-order chi connectivity index (χ1) is 11.4. The minimum Gasteiger partial charge on any atom is -0.298 e. The normalized spacial score (nSPS) is 10.8. The molecule has 0 saturated heterocycles.